The average Bonchev–Trinajstić information content (AvgIpc) is 2.43. The number of aliphatic hydroxyl groups excluding tert-OH is 1. The van der Waals surface area contributed by atoms with Crippen molar-refractivity contribution in [2.45, 2.75) is 103 Å². The summed E-state index contributed by atoms with van der Waals surface area (Å²) >= 11 is 0. The van der Waals surface area contributed by atoms with Crippen LogP contribution in [0, 0.1) is 0 Å². The van der Waals surface area contributed by atoms with Crippen LogP contribution in [-0.4, -0.2) is 23.9 Å². The van der Waals surface area contributed by atoms with E-state index in [2.05, 4.69) is 6.92 Å². The van der Waals surface area contributed by atoms with E-state index in [1.54, 1.807) is 0 Å². The molecule has 1 saturated heterocycles. The van der Waals surface area contributed by atoms with Crippen LogP contribution < -0.4 is 0 Å². The Morgan fingerprint density at radius 1 is 1.00 bits per heavy atom. The van der Waals surface area contributed by atoms with E-state index in [9.17, 15) is 5.11 Å². The lowest BCUT2D eigenvalue weighted by atomic mass is 9.99. The van der Waals surface area contributed by atoms with Gasteiger partial charge in [0.25, 0.3) is 0 Å². The predicted molar refractivity (Wildman–Crippen MR) is 81.4 cm³/mol. The fourth-order valence-corrected chi connectivity index (χ4v) is 2.93. The molecule has 0 amide bonds. The van der Waals surface area contributed by atoms with Crippen LogP contribution >= 0.6 is 0 Å². The maximum atomic E-state index is 9.99. The molecule has 1 heterocycles. The molecule has 1 aliphatic heterocycles. The van der Waals surface area contributed by atoms with E-state index in [0.717, 1.165) is 25.9 Å². The molecular formula is C17H34O2. The zero-order valence-electron chi connectivity index (χ0n) is 12.9. The number of ether oxygens (including phenoxy) is 1. The molecule has 2 unspecified atom stereocenters. The fourth-order valence-electron chi connectivity index (χ4n) is 2.93. The van der Waals surface area contributed by atoms with Gasteiger partial charge in [0.1, 0.15) is 0 Å². The van der Waals surface area contributed by atoms with E-state index in [4.69, 9.17) is 4.74 Å². The number of unbranched alkanes of at least 4 members (excludes halogenated alkanes) is 7. The van der Waals surface area contributed by atoms with Gasteiger partial charge in [0, 0.05) is 6.61 Å². The molecule has 0 aromatic rings. The van der Waals surface area contributed by atoms with E-state index < -0.39 is 0 Å². The summed E-state index contributed by atoms with van der Waals surface area (Å²) in [6.07, 6.45) is 16.3. The molecule has 2 heteroatoms. The first kappa shape index (κ1) is 17.0. The predicted octanol–water partition coefficient (Wildman–Crippen LogP) is 4.84. The van der Waals surface area contributed by atoms with Crippen molar-refractivity contribution in [3.05, 3.63) is 0 Å². The van der Waals surface area contributed by atoms with Gasteiger partial charge >= 0.3 is 0 Å². The Kier molecular flexibility index (Phi) is 10.5. The summed E-state index contributed by atoms with van der Waals surface area (Å²) in [5.74, 6) is 0. The van der Waals surface area contributed by atoms with Crippen LogP contribution in [0.5, 0.6) is 0 Å². The van der Waals surface area contributed by atoms with Gasteiger partial charge in [-0.1, -0.05) is 58.3 Å². The number of rotatable bonds is 11. The van der Waals surface area contributed by atoms with Crippen LogP contribution in [0.4, 0.5) is 0 Å². The molecule has 114 valence electrons. The van der Waals surface area contributed by atoms with E-state index in [-0.39, 0.29) is 6.10 Å². The van der Waals surface area contributed by atoms with Gasteiger partial charge in [0.2, 0.25) is 0 Å². The summed E-state index contributed by atoms with van der Waals surface area (Å²) in [5.41, 5.74) is 0. The zero-order valence-corrected chi connectivity index (χ0v) is 12.9. The first-order chi connectivity index (χ1) is 9.33. The molecule has 1 aliphatic rings. The van der Waals surface area contributed by atoms with Crippen LogP contribution in [0.2, 0.25) is 0 Å². The van der Waals surface area contributed by atoms with Crippen molar-refractivity contribution >= 4 is 0 Å². The number of hydrogen-bond donors (Lipinski definition) is 1. The van der Waals surface area contributed by atoms with E-state index in [0.29, 0.717) is 6.10 Å². The smallest absolute Gasteiger partial charge is 0.0599 e. The van der Waals surface area contributed by atoms with Crippen molar-refractivity contribution in [3.63, 3.8) is 0 Å². The molecule has 2 atom stereocenters. The molecule has 0 saturated carbocycles. The standard InChI is InChI=1S/C17H34O2/c1-2-3-4-5-6-7-8-9-12-16(18)15-17-13-10-11-14-19-17/h16-18H,2-15H2,1H3. The van der Waals surface area contributed by atoms with Gasteiger partial charge in [-0.2, -0.15) is 0 Å². The molecule has 1 fully saturated rings. The number of aliphatic hydroxyl groups is 1. The van der Waals surface area contributed by atoms with Crippen LogP contribution in [0.3, 0.4) is 0 Å². The molecule has 0 radical (unpaired) electrons. The second kappa shape index (κ2) is 11.7. The minimum absolute atomic E-state index is 0.136. The lowest BCUT2D eigenvalue weighted by molar-refractivity contribution is -0.0167. The Labute approximate surface area is 119 Å². The summed E-state index contributed by atoms with van der Waals surface area (Å²) in [6.45, 7) is 3.16. The summed E-state index contributed by atoms with van der Waals surface area (Å²) in [7, 11) is 0. The molecule has 19 heavy (non-hydrogen) atoms. The Balaban J connectivity index is 1.85. The molecule has 2 nitrogen and oxygen atoms in total. The van der Waals surface area contributed by atoms with Gasteiger partial charge in [-0.25, -0.2) is 0 Å². The summed E-state index contributed by atoms with van der Waals surface area (Å²) < 4.78 is 5.67. The van der Waals surface area contributed by atoms with Crippen molar-refractivity contribution in [2.24, 2.45) is 0 Å². The van der Waals surface area contributed by atoms with Crippen LogP contribution in [0.1, 0.15) is 90.4 Å². The highest BCUT2D eigenvalue weighted by Crippen LogP contribution is 2.19. The minimum atomic E-state index is -0.136. The van der Waals surface area contributed by atoms with Crippen molar-refractivity contribution in [1.82, 2.24) is 0 Å². The second-order valence-corrected chi connectivity index (χ2v) is 6.14. The molecular weight excluding hydrogens is 236 g/mol. The first-order valence-electron chi connectivity index (χ1n) is 8.62. The molecule has 1 rings (SSSR count). The van der Waals surface area contributed by atoms with Crippen LogP contribution in [-0.2, 0) is 4.74 Å². The maximum Gasteiger partial charge on any atom is 0.0599 e. The summed E-state index contributed by atoms with van der Waals surface area (Å²) in [5, 5.41) is 9.99. The van der Waals surface area contributed by atoms with Gasteiger partial charge in [0.15, 0.2) is 0 Å². The minimum Gasteiger partial charge on any atom is -0.393 e. The first-order valence-corrected chi connectivity index (χ1v) is 8.62. The molecule has 0 aliphatic carbocycles. The topological polar surface area (TPSA) is 29.5 Å². The lowest BCUT2D eigenvalue weighted by Crippen LogP contribution is -2.24. The van der Waals surface area contributed by atoms with Gasteiger partial charge < -0.3 is 9.84 Å². The third-order valence-electron chi connectivity index (χ3n) is 4.20. The second-order valence-electron chi connectivity index (χ2n) is 6.14. The van der Waals surface area contributed by atoms with E-state index >= 15 is 0 Å². The molecule has 0 spiro atoms. The maximum absolute atomic E-state index is 9.99. The fraction of sp³-hybridized carbons (Fsp3) is 1.00. The van der Waals surface area contributed by atoms with E-state index in [1.165, 1.54) is 64.2 Å². The Hall–Kier alpha value is -0.0800. The van der Waals surface area contributed by atoms with Gasteiger partial charge in [-0.15, -0.1) is 0 Å². The van der Waals surface area contributed by atoms with Crippen molar-refractivity contribution in [2.75, 3.05) is 6.61 Å². The average molecular weight is 270 g/mol. The van der Waals surface area contributed by atoms with Gasteiger partial charge in [-0.3, -0.25) is 0 Å². The highest BCUT2D eigenvalue weighted by Gasteiger charge is 2.17. The van der Waals surface area contributed by atoms with Crippen LogP contribution in [0.15, 0.2) is 0 Å². The van der Waals surface area contributed by atoms with Crippen molar-refractivity contribution < 1.29 is 9.84 Å². The van der Waals surface area contributed by atoms with Gasteiger partial charge in [-0.05, 0) is 32.1 Å². The third-order valence-corrected chi connectivity index (χ3v) is 4.20. The SMILES string of the molecule is CCCCCCCCCCC(O)CC1CCCCO1. The third kappa shape index (κ3) is 9.45. The normalized spacial score (nSPS) is 21.5. The molecule has 1 N–H and O–H groups in total. The Bertz CT molecular complexity index is 188. The largest absolute Gasteiger partial charge is 0.393 e. The van der Waals surface area contributed by atoms with Crippen LogP contribution in [0.25, 0.3) is 0 Å². The Morgan fingerprint density at radius 2 is 1.68 bits per heavy atom. The van der Waals surface area contributed by atoms with E-state index in [1.807, 2.05) is 0 Å². The quantitative estimate of drug-likeness (QED) is 0.544. The molecule has 0 aromatic carbocycles. The number of hydrogen-bond acceptors (Lipinski definition) is 2. The van der Waals surface area contributed by atoms with Crippen molar-refractivity contribution in [1.29, 1.82) is 0 Å². The zero-order chi connectivity index (χ0) is 13.8. The molecule has 0 aromatic heterocycles. The van der Waals surface area contributed by atoms with Gasteiger partial charge in [0.05, 0.1) is 12.2 Å². The Morgan fingerprint density at radius 3 is 2.32 bits per heavy atom. The lowest BCUT2D eigenvalue weighted by Gasteiger charge is -2.24. The highest BCUT2D eigenvalue weighted by molar-refractivity contribution is 4.68. The van der Waals surface area contributed by atoms with Crippen molar-refractivity contribution in [3.8, 4) is 0 Å². The highest BCUT2D eigenvalue weighted by atomic mass is 16.5. The summed E-state index contributed by atoms with van der Waals surface area (Å²) in [6, 6.07) is 0. The summed E-state index contributed by atoms with van der Waals surface area (Å²) in [4.78, 5) is 0. The monoisotopic (exact) mass is 270 g/mol. The molecule has 0 bridgehead atoms.